The molecule has 0 aliphatic carbocycles. The zero-order valence-electron chi connectivity index (χ0n) is 4.59. The Morgan fingerprint density at radius 3 is 2.25 bits per heavy atom. The van der Waals surface area contributed by atoms with Gasteiger partial charge < -0.3 is 0 Å². The third-order valence-electron chi connectivity index (χ3n) is 0.646. The monoisotopic (exact) mass is 105 g/mol. The number of rotatable bonds is 2. The Labute approximate surface area is 49.3 Å². The molecule has 0 N–H and O–H groups in total. The van der Waals surface area contributed by atoms with Gasteiger partial charge >= 0.3 is 0 Å². The average Bonchev–Trinajstić information content (AvgIpc) is 1.83. The fourth-order valence-corrected chi connectivity index (χ4v) is 0.278. The van der Waals surface area contributed by atoms with Gasteiger partial charge in [0.05, 0.1) is 11.6 Å². The maximum atomic E-state index is 8.22. The molecule has 8 heavy (non-hydrogen) atoms. The maximum absolute atomic E-state index is 8.22. The maximum Gasteiger partial charge on any atom is 0.0991 e. The number of nitrogens with zero attached hydrogens (tertiary/aromatic N) is 1. The smallest absolute Gasteiger partial charge is 0.0991 e. The van der Waals surface area contributed by atoms with Crippen molar-refractivity contribution in [3.63, 3.8) is 0 Å². The lowest BCUT2D eigenvalue weighted by Gasteiger charge is -1.76. The second kappa shape index (κ2) is 3.89. The van der Waals surface area contributed by atoms with Crippen LogP contribution < -0.4 is 0 Å². The summed E-state index contributed by atoms with van der Waals surface area (Å²) >= 11 is 0. The van der Waals surface area contributed by atoms with Crippen LogP contribution in [0.25, 0.3) is 0 Å². The molecular weight excluding hydrogens is 98.1 g/mol. The summed E-state index contributed by atoms with van der Waals surface area (Å²) in [4.78, 5) is 0. The minimum atomic E-state index is 0.542. The molecule has 0 saturated heterocycles. The predicted octanol–water partition coefficient (Wildman–Crippen LogP) is 1.81. The van der Waals surface area contributed by atoms with Crippen LogP contribution in [0, 0.1) is 11.3 Å². The molecule has 0 amide bonds. The molecule has 0 unspecified atom stereocenters. The van der Waals surface area contributed by atoms with Gasteiger partial charge in [0.25, 0.3) is 0 Å². The van der Waals surface area contributed by atoms with Crippen LogP contribution in [0.4, 0.5) is 0 Å². The molecule has 1 nitrogen and oxygen atoms in total. The van der Waals surface area contributed by atoms with Crippen molar-refractivity contribution in [3.05, 3.63) is 37.0 Å². The fourth-order valence-electron chi connectivity index (χ4n) is 0.278. The Hall–Kier alpha value is -1.29. The molecule has 1 heteroatoms. The van der Waals surface area contributed by atoms with E-state index in [4.69, 9.17) is 5.26 Å². The Morgan fingerprint density at radius 2 is 2.12 bits per heavy atom. The van der Waals surface area contributed by atoms with Crippen molar-refractivity contribution < 1.29 is 0 Å². The van der Waals surface area contributed by atoms with Gasteiger partial charge in [-0.3, -0.25) is 0 Å². The zero-order valence-corrected chi connectivity index (χ0v) is 4.59. The van der Waals surface area contributed by atoms with Gasteiger partial charge in [-0.25, -0.2) is 0 Å². The van der Waals surface area contributed by atoms with Crippen molar-refractivity contribution in [3.8, 4) is 6.07 Å². The summed E-state index contributed by atoms with van der Waals surface area (Å²) in [6, 6.07) is 1.92. The van der Waals surface area contributed by atoms with Crippen LogP contribution in [-0.4, -0.2) is 0 Å². The number of hydrogen-bond donors (Lipinski definition) is 0. The standard InChI is InChI=1S/C7H7N/c1-3-5-7(4-2)6-8/h3-5H,1-2H2. The highest BCUT2D eigenvalue weighted by Crippen LogP contribution is 1.90. The van der Waals surface area contributed by atoms with Crippen LogP contribution in [0.2, 0.25) is 0 Å². The molecule has 0 saturated carbocycles. The Morgan fingerprint density at radius 1 is 1.50 bits per heavy atom. The number of hydrogen-bond acceptors (Lipinski definition) is 1. The van der Waals surface area contributed by atoms with E-state index in [-0.39, 0.29) is 0 Å². The van der Waals surface area contributed by atoms with Crippen molar-refractivity contribution in [2.45, 2.75) is 0 Å². The molecule has 0 aromatic carbocycles. The van der Waals surface area contributed by atoms with Gasteiger partial charge in [0.1, 0.15) is 0 Å². The first kappa shape index (κ1) is 6.71. The molecule has 0 spiro atoms. The van der Waals surface area contributed by atoms with Gasteiger partial charge in [-0.2, -0.15) is 5.26 Å². The second-order valence-corrected chi connectivity index (χ2v) is 1.17. The third-order valence-corrected chi connectivity index (χ3v) is 0.646. The second-order valence-electron chi connectivity index (χ2n) is 1.17. The first-order chi connectivity index (χ1) is 3.85. The minimum Gasteiger partial charge on any atom is -0.192 e. The van der Waals surface area contributed by atoms with Crippen LogP contribution >= 0.6 is 0 Å². The average molecular weight is 105 g/mol. The highest BCUT2D eigenvalue weighted by molar-refractivity contribution is 5.33. The van der Waals surface area contributed by atoms with E-state index in [1.165, 1.54) is 6.08 Å². The number of nitriles is 1. The van der Waals surface area contributed by atoms with E-state index in [0.29, 0.717) is 5.57 Å². The van der Waals surface area contributed by atoms with E-state index in [1.54, 1.807) is 12.2 Å². The molecule has 40 valence electrons. The van der Waals surface area contributed by atoms with Crippen molar-refractivity contribution in [1.82, 2.24) is 0 Å². The molecular formula is C7H7N. The summed E-state index contributed by atoms with van der Waals surface area (Å²) in [6.45, 7) is 6.83. The molecule has 0 rings (SSSR count). The summed E-state index contributed by atoms with van der Waals surface area (Å²) in [5.41, 5.74) is 0.542. The summed E-state index contributed by atoms with van der Waals surface area (Å²) in [5.74, 6) is 0. The molecule has 0 aliphatic rings. The van der Waals surface area contributed by atoms with Gasteiger partial charge in [-0.15, -0.1) is 0 Å². The highest BCUT2D eigenvalue weighted by Gasteiger charge is 1.78. The van der Waals surface area contributed by atoms with Crippen molar-refractivity contribution in [2.75, 3.05) is 0 Å². The van der Waals surface area contributed by atoms with Gasteiger partial charge in [-0.1, -0.05) is 25.3 Å². The van der Waals surface area contributed by atoms with Crippen molar-refractivity contribution in [2.24, 2.45) is 0 Å². The molecule has 0 aromatic rings. The van der Waals surface area contributed by atoms with Crippen molar-refractivity contribution >= 4 is 0 Å². The topological polar surface area (TPSA) is 23.8 Å². The summed E-state index contributed by atoms with van der Waals surface area (Å²) in [7, 11) is 0. The van der Waals surface area contributed by atoms with Crippen molar-refractivity contribution in [1.29, 1.82) is 5.26 Å². The predicted molar refractivity (Wildman–Crippen MR) is 34.1 cm³/mol. The lowest BCUT2D eigenvalue weighted by atomic mass is 10.3. The minimum absolute atomic E-state index is 0.542. The lowest BCUT2D eigenvalue weighted by molar-refractivity contribution is 1.50. The van der Waals surface area contributed by atoms with Gasteiger partial charge in [0, 0.05) is 0 Å². The van der Waals surface area contributed by atoms with E-state index in [9.17, 15) is 0 Å². The van der Waals surface area contributed by atoms with Crippen LogP contribution in [0.15, 0.2) is 37.0 Å². The molecule has 0 fully saturated rings. The first-order valence-corrected chi connectivity index (χ1v) is 2.20. The molecule has 0 bridgehead atoms. The van der Waals surface area contributed by atoms with Crippen LogP contribution in [0.5, 0.6) is 0 Å². The number of allylic oxidation sites excluding steroid dienone is 4. The third kappa shape index (κ3) is 1.99. The SMILES string of the molecule is C=CC=C(C#N)C=C. The Kier molecular flexibility index (Phi) is 3.26. The molecule has 0 radical (unpaired) electrons. The highest BCUT2D eigenvalue weighted by atomic mass is 14.2. The van der Waals surface area contributed by atoms with Crippen LogP contribution in [-0.2, 0) is 0 Å². The van der Waals surface area contributed by atoms with Gasteiger partial charge in [-0.05, 0) is 6.08 Å². The Balaban J connectivity index is 4.12. The van der Waals surface area contributed by atoms with E-state index in [2.05, 4.69) is 13.2 Å². The Bertz CT molecular complexity index is 158. The summed E-state index contributed by atoms with van der Waals surface area (Å²) in [5, 5.41) is 8.22. The molecule has 0 heterocycles. The quantitative estimate of drug-likeness (QED) is 0.388. The van der Waals surface area contributed by atoms with Gasteiger partial charge in [0.15, 0.2) is 0 Å². The summed E-state index contributed by atoms with van der Waals surface area (Å²) < 4.78 is 0. The van der Waals surface area contributed by atoms with E-state index in [1.807, 2.05) is 6.07 Å². The largest absolute Gasteiger partial charge is 0.192 e. The molecule has 0 aromatic heterocycles. The van der Waals surface area contributed by atoms with E-state index >= 15 is 0 Å². The van der Waals surface area contributed by atoms with E-state index < -0.39 is 0 Å². The zero-order chi connectivity index (χ0) is 6.41. The van der Waals surface area contributed by atoms with E-state index in [0.717, 1.165) is 0 Å². The molecule has 0 atom stereocenters. The van der Waals surface area contributed by atoms with Crippen LogP contribution in [0.3, 0.4) is 0 Å². The van der Waals surface area contributed by atoms with Gasteiger partial charge in [0.2, 0.25) is 0 Å². The fraction of sp³-hybridized carbons (Fsp3) is 0. The molecule has 0 aliphatic heterocycles. The lowest BCUT2D eigenvalue weighted by Crippen LogP contribution is -1.64. The first-order valence-electron chi connectivity index (χ1n) is 2.20. The summed E-state index contributed by atoms with van der Waals surface area (Å²) in [6.07, 6.45) is 4.65. The van der Waals surface area contributed by atoms with Crippen LogP contribution in [0.1, 0.15) is 0 Å². The normalized spacial score (nSPS) is 9.62.